The first-order valence-corrected chi connectivity index (χ1v) is 9.32. The van der Waals surface area contributed by atoms with Gasteiger partial charge in [0.15, 0.2) is 0 Å². The molecule has 0 aliphatic rings. The zero-order chi connectivity index (χ0) is 15.2. The van der Waals surface area contributed by atoms with E-state index in [-0.39, 0.29) is 11.9 Å². The number of amides is 1. The van der Waals surface area contributed by atoms with Crippen LogP contribution in [0.15, 0.2) is 21.3 Å². The molecule has 0 saturated carbocycles. The van der Waals surface area contributed by atoms with Crippen LogP contribution in [0.25, 0.3) is 9.88 Å². The first-order valence-electron chi connectivity index (χ1n) is 6.77. The lowest BCUT2D eigenvalue weighted by Gasteiger charge is -2.12. The quantitative estimate of drug-likeness (QED) is 0.766. The first-order chi connectivity index (χ1) is 10.1. The molecule has 1 atom stereocenters. The van der Waals surface area contributed by atoms with Crippen LogP contribution in [-0.2, 0) is 11.2 Å². The molecule has 0 aromatic carbocycles. The standard InChI is InChI=1S/C14H18BrN3OS2/c1-3-16-9(2)6-17-13(19)5-11-8-21-14(18-11)12-4-10(15)7-20-12/h4,7-9,16H,3,5-6H2,1-2H3,(H,17,19)/t9-/m1/s1. The molecule has 2 rings (SSSR count). The number of rotatable bonds is 7. The summed E-state index contributed by atoms with van der Waals surface area (Å²) in [5, 5.41) is 11.1. The van der Waals surface area contributed by atoms with Crippen molar-refractivity contribution in [3.63, 3.8) is 0 Å². The minimum absolute atomic E-state index is 0.0176. The third kappa shape index (κ3) is 5.18. The van der Waals surface area contributed by atoms with Crippen LogP contribution < -0.4 is 10.6 Å². The van der Waals surface area contributed by atoms with Gasteiger partial charge in [-0.2, -0.15) is 0 Å². The molecular formula is C14H18BrN3OS2. The fourth-order valence-corrected chi connectivity index (χ4v) is 4.17. The van der Waals surface area contributed by atoms with E-state index in [4.69, 9.17) is 0 Å². The van der Waals surface area contributed by atoms with Crippen LogP contribution in [-0.4, -0.2) is 30.0 Å². The third-order valence-corrected chi connectivity index (χ3v) is 5.58. The smallest absolute Gasteiger partial charge is 0.226 e. The Hall–Kier alpha value is -0.760. The lowest BCUT2D eigenvalue weighted by molar-refractivity contribution is -0.120. The number of aromatic nitrogens is 1. The highest BCUT2D eigenvalue weighted by Gasteiger charge is 2.11. The van der Waals surface area contributed by atoms with Crippen molar-refractivity contribution in [1.82, 2.24) is 15.6 Å². The van der Waals surface area contributed by atoms with Crippen molar-refractivity contribution in [3.8, 4) is 9.88 Å². The van der Waals surface area contributed by atoms with E-state index >= 15 is 0 Å². The molecule has 2 aromatic heterocycles. The fraction of sp³-hybridized carbons (Fsp3) is 0.429. The molecule has 0 fully saturated rings. The van der Waals surface area contributed by atoms with Gasteiger partial charge in [0.2, 0.25) is 5.91 Å². The van der Waals surface area contributed by atoms with E-state index in [1.54, 1.807) is 22.7 Å². The van der Waals surface area contributed by atoms with E-state index < -0.39 is 0 Å². The zero-order valence-corrected chi connectivity index (χ0v) is 15.2. The molecule has 0 aliphatic carbocycles. The number of thiazole rings is 1. The highest BCUT2D eigenvalue weighted by Crippen LogP contribution is 2.31. The van der Waals surface area contributed by atoms with E-state index in [0.717, 1.165) is 26.6 Å². The van der Waals surface area contributed by atoms with Crippen molar-refractivity contribution in [2.75, 3.05) is 13.1 Å². The molecule has 0 saturated heterocycles. The van der Waals surface area contributed by atoms with Gasteiger partial charge in [0.25, 0.3) is 0 Å². The summed E-state index contributed by atoms with van der Waals surface area (Å²) in [4.78, 5) is 17.5. The fourth-order valence-electron chi connectivity index (χ4n) is 1.84. The maximum absolute atomic E-state index is 11.9. The van der Waals surface area contributed by atoms with Crippen LogP contribution in [0.3, 0.4) is 0 Å². The van der Waals surface area contributed by atoms with Gasteiger partial charge in [0.05, 0.1) is 17.0 Å². The van der Waals surface area contributed by atoms with Gasteiger partial charge in [-0.25, -0.2) is 4.98 Å². The van der Waals surface area contributed by atoms with Crippen LogP contribution in [0, 0.1) is 0 Å². The molecule has 2 N–H and O–H groups in total. The molecule has 7 heteroatoms. The molecule has 21 heavy (non-hydrogen) atoms. The van der Waals surface area contributed by atoms with Gasteiger partial charge in [-0.3, -0.25) is 4.79 Å². The summed E-state index contributed by atoms with van der Waals surface area (Å²) < 4.78 is 1.06. The minimum atomic E-state index is 0.0176. The summed E-state index contributed by atoms with van der Waals surface area (Å²) in [6.45, 7) is 5.65. The molecule has 4 nitrogen and oxygen atoms in total. The molecule has 0 radical (unpaired) electrons. The Morgan fingerprint density at radius 2 is 2.24 bits per heavy atom. The second-order valence-corrected chi connectivity index (χ2v) is 7.40. The van der Waals surface area contributed by atoms with Crippen LogP contribution in [0.2, 0.25) is 0 Å². The van der Waals surface area contributed by atoms with Gasteiger partial charge < -0.3 is 10.6 Å². The van der Waals surface area contributed by atoms with Gasteiger partial charge in [0.1, 0.15) is 5.01 Å². The Morgan fingerprint density at radius 1 is 1.43 bits per heavy atom. The van der Waals surface area contributed by atoms with E-state index in [9.17, 15) is 4.79 Å². The van der Waals surface area contributed by atoms with Crippen molar-refractivity contribution in [2.24, 2.45) is 0 Å². The number of halogens is 1. The number of hydrogen-bond acceptors (Lipinski definition) is 5. The molecule has 0 unspecified atom stereocenters. The molecular weight excluding hydrogens is 370 g/mol. The van der Waals surface area contributed by atoms with E-state index in [1.165, 1.54) is 0 Å². The second-order valence-electron chi connectivity index (χ2n) is 4.71. The Kier molecular flexibility index (Phi) is 6.35. The maximum atomic E-state index is 11.9. The lowest BCUT2D eigenvalue weighted by Crippen LogP contribution is -2.39. The number of hydrogen-bond donors (Lipinski definition) is 2. The van der Waals surface area contributed by atoms with Crippen LogP contribution in [0.5, 0.6) is 0 Å². The Bertz CT molecular complexity index is 597. The first kappa shape index (κ1) is 16.6. The van der Waals surface area contributed by atoms with Crippen LogP contribution in [0.1, 0.15) is 19.5 Å². The summed E-state index contributed by atoms with van der Waals surface area (Å²) in [6, 6.07) is 2.33. The number of thiophene rings is 1. The highest BCUT2D eigenvalue weighted by molar-refractivity contribution is 9.10. The van der Waals surface area contributed by atoms with Gasteiger partial charge >= 0.3 is 0 Å². The van der Waals surface area contributed by atoms with Gasteiger partial charge in [-0.05, 0) is 35.5 Å². The molecule has 1 amide bonds. The Balaban J connectivity index is 1.86. The number of carbonyl (C=O) groups excluding carboxylic acids is 1. The van der Waals surface area contributed by atoms with Crippen LogP contribution in [0.4, 0.5) is 0 Å². The minimum Gasteiger partial charge on any atom is -0.354 e. The molecule has 2 aromatic rings. The second kappa shape index (κ2) is 8.03. The number of nitrogens with one attached hydrogen (secondary N) is 2. The van der Waals surface area contributed by atoms with Crippen LogP contribution >= 0.6 is 38.6 Å². The molecule has 0 spiro atoms. The van der Waals surface area contributed by atoms with Crippen molar-refractivity contribution in [2.45, 2.75) is 26.3 Å². The highest BCUT2D eigenvalue weighted by atomic mass is 79.9. The summed E-state index contributed by atoms with van der Waals surface area (Å²) >= 11 is 6.66. The van der Waals surface area contributed by atoms with E-state index in [2.05, 4.69) is 45.4 Å². The summed E-state index contributed by atoms with van der Waals surface area (Å²) in [5.74, 6) is 0.0176. The molecule has 0 aliphatic heterocycles. The average Bonchev–Trinajstić information content (AvgIpc) is 3.06. The zero-order valence-electron chi connectivity index (χ0n) is 12.0. The van der Waals surface area contributed by atoms with Crippen molar-refractivity contribution >= 4 is 44.5 Å². The van der Waals surface area contributed by atoms with Gasteiger partial charge in [-0.15, -0.1) is 22.7 Å². The lowest BCUT2D eigenvalue weighted by atomic mass is 10.3. The normalized spacial score (nSPS) is 12.3. The topological polar surface area (TPSA) is 54.0 Å². The molecule has 114 valence electrons. The van der Waals surface area contributed by atoms with Crippen molar-refractivity contribution in [3.05, 3.63) is 27.0 Å². The Labute approximate surface area is 141 Å². The average molecular weight is 388 g/mol. The summed E-state index contributed by atoms with van der Waals surface area (Å²) in [7, 11) is 0. The van der Waals surface area contributed by atoms with Crippen molar-refractivity contribution < 1.29 is 4.79 Å². The summed E-state index contributed by atoms with van der Waals surface area (Å²) in [6.07, 6.45) is 0.335. The molecule has 0 bridgehead atoms. The number of likely N-dealkylation sites (N-methyl/N-ethyl adjacent to an activating group) is 1. The number of carbonyl (C=O) groups is 1. The van der Waals surface area contributed by atoms with E-state index in [1.807, 2.05) is 16.8 Å². The maximum Gasteiger partial charge on any atom is 0.226 e. The van der Waals surface area contributed by atoms with Gasteiger partial charge in [0, 0.05) is 27.8 Å². The predicted molar refractivity (Wildman–Crippen MR) is 93.0 cm³/mol. The largest absolute Gasteiger partial charge is 0.354 e. The number of nitrogens with zero attached hydrogens (tertiary/aromatic N) is 1. The van der Waals surface area contributed by atoms with Gasteiger partial charge in [-0.1, -0.05) is 6.92 Å². The predicted octanol–water partition coefficient (Wildman–Crippen LogP) is 3.29. The Morgan fingerprint density at radius 3 is 2.90 bits per heavy atom. The van der Waals surface area contributed by atoms with E-state index in [0.29, 0.717) is 13.0 Å². The van der Waals surface area contributed by atoms with Crippen molar-refractivity contribution in [1.29, 1.82) is 0 Å². The SMILES string of the molecule is CCN[C@H](C)CNC(=O)Cc1csc(-c2cc(Br)cs2)n1. The summed E-state index contributed by atoms with van der Waals surface area (Å²) in [5.41, 5.74) is 0.827. The third-order valence-electron chi connectivity index (χ3n) is 2.83. The molecule has 2 heterocycles. The monoisotopic (exact) mass is 387 g/mol.